The second-order valence-electron chi connectivity index (χ2n) is 5.24. The molecule has 1 unspecified atom stereocenters. The first kappa shape index (κ1) is 11.0. The van der Waals surface area contributed by atoms with Gasteiger partial charge in [-0.15, -0.1) is 0 Å². The second-order valence-corrected chi connectivity index (χ2v) is 5.24. The molecule has 0 amide bonds. The van der Waals surface area contributed by atoms with Crippen molar-refractivity contribution in [1.82, 2.24) is 25.5 Å². The Kier molecular flexibility index (Phi) is 2.96. The third-order valence-corrected chi connectivity index (χ3v) is 3.67. The van der Waals surface area contributed by atoms with Gasteiger partial charge in [0.15, 0.2) is 0 Å². The first-order chi connectivity index (χ1) is 8.33. The molecule has 1 aliphatic heterocycles. The van der Waals surface area contributed by atoms with Crippen LogP contribution in [0.2, 0.25) is 0 Å². The molecule has 17 heavy (non-hydrogen) atoms. The third kappa shape index (κ3) is 2.57. The molecule has 0 aromatic carbocycles. The highest BCUT2D eigenvalue weighted by molar-refractivity contribution is 5.28. The van der Waals surface area contributed by atoms with Crippen LogP contribution < -0.4 is 10.2 Å². The fourth-order valence-electron chi connectivity index (χ4n) is 2.53. The van der Waals surface area contributed by atoms with Crippen molar-refractivity contribution in [3.8, 4) is 0 Å². The van der Waals surface area contributed by atoms with Crippen molar-refractivity contribution in [2.45, 2.75) is 31.7 Å². The molecule has 3 rings (SSSR count). The number of tetrazole rings is 1. The topological polar surface area (TPSA) is 58.9 Å². The molecule has 0 spiro atoms. The summed E-state index contributed by atoms with van der Waals surface area (Å²) < 4.78 is 1.76. The molecule has 1 N–H and O–H groups in total. The standard InChI is InChI=1S/C11H20N6/c1-16-11(13-14-15-16)17-6-2-3-9(8-17)7-12-10-4-5-10/h9-10,12H,2-8H2,1H3. The Balaban J connectivity index is 1.57. The van der Waals surface area contributed by atoms with E-state index in [1.807, 2.05) is 7.05 Å². The molecule has 2 heterocycles. The van der Waals surface area contributed by atoms with E-state index in [0.29, 0.717) is 0 Å². The van der Waals surface area contributed by atoms with E-state index in [9.17, 15) is 0 Å². The van der Waals surface area contributed by atoms with E-state index in [4.69, 9.17) is 0 Å². The normalized spacial score (nSPS) is 25.2. The van der Waals surface area contributed by atoms with Crippen molar-refractivity contribution in [1.29, 1.82) is 0 Å². The number of nitrogens with one attached hydrogen (secondary N) is 1. The lowest BCUT2D eigenvalue weighted by Crippen LogP contribution is -2.41. The Bertz CT molecular complexity index is 372. The third-order valence-electron chi connectivity index (χ3n) is 3.67. The van der Waals surface area contributed by atoms with Gasteiger partial charge in [-0.2, -0.15) is 0 Å². The summed E-state index contributed by atoms with van der Waals surface area (Å²) in [4.78, 5) is 2.31. The van der Waals surface area contributed by atoms with Crippen molar-refractivity contribution in [3.05, 3.63) is 0 Å². The quantitative estimate of drug-likeness (QED) is 0.808. The van der Waals surface area contributed by atoms with Crippen LogP contribution in [0, 0.1) is 5.92 Å². The zero-order chi connectivity index (χ0) is 11.7. The summed E-state index contributed by atoms with van der Waals surface area (Å²) in [6.07, 6.45) is 5.29. The predicted octanol–water partition coefficient (Wildman–Crippen LogP) is 0.178. The van der Waals surface area contributed by atoms with Crippen LogP contribution in [0.3, 0.4) is 0 Å². The molecule has 1 aliphatic carbocycles. The molecule has 6 heteroatoms. The van der Waals surface area contributed by atoms with E-state index in [0.717, 1.165) is 37.5 Å². The Morgan fingerprint density at radius 3 is 2.94 bits per heavy atom. The van der Waals surface area contributed by atoms with E-state index in [1.165, 1.54) is 25.7 Å². The van der Waals surface area contributed by atoms with Gasteiger partial charge in [0.1, 0.15) is 0 Å². The van der Waals surface area contributed by atoms with Crippen LogP contribution in [0.5, 0.6) is 0 Å². The molecule has 94 valence electrons. The lowest BCUT2D eigenvalue weighted by Gasteiger charge is -2.32. The highest BCUT2D eigenvalue weighted by Gasteiger charge is 2.26. The molecule has 2 aliphatic rings. The number of hydrogen-bond donors (Lipinski definition) is 1. The maximum atomic E-state index is 4.09. The summed E-state index contributed by atoms with van der Waals surface area (Å²) in [5, 5.41) is 15.3. The molecule has 1 aromatic rings. The fraction of sp³-hybridized carbons (Fsp3) is 0.909. The number of rotatable bonds is 4. The second kappa shape index (κ2) is 4.60. The number of nitrogens with zero attached hydrogens (tertiary/aromatic N) is 5. The first-order valence-electron chi connectivity index (χ1n) is 6.53. The maximum absolute atomic E-state index is 4.09. The molecule has 2 fully saturated rings. The highest BCUT2D eigenvalue weighted by atomic mass is 15.6. The summed E-state index contributed by atoms with van der Waals surface area (Å²) in [5.41, 5.74) is 0. The van der Waals surface area contributed by atoms with Gasteiger partial charge in [0, 0.05) is 26.2 Å². The lowest BCUT2D eigenvalue weighted by atomic mass is 9.98. The van der Waals surface area contributed by atoms with Gasteiger partial charge >= 0.3 is 0 Å². The molecule has 0 bridgehead atoms. The van der Waals surface area contributed by atoms with Crippen LogP contribution in [-0.2, 0) is 7.05 Å². The minimum absolute atomic E-state index is 0.737. The van der Waals surface area contributed by atoms with Crippen LogP contribution in [-0.4, -0.2) is 45.9 Å². The number of aryl methyl sites for hydroxylation is 1. The van der Waals surface area contributed by atoms with Gasteiger partial charge in [0.25, 0.3) is 0 Å². The average molecular weight is 236 g/mol. The molecule has 1 saturated heterocycles. The van der Waals surface area contributed by atoms with Crippen molar-refractivity contribution >= 4 is 5.95 Å². The van der Waals surface area contributed by atoms with Crippen LogP contribution in [0.25, 0.3) is 0 Å². The van der Waals surface area contributed by atoms with Gasteiger partial charge in [0.2, 0.25) is 5.95 Å². The minimum atomic E-state index is 0.737. The van der Waals surface area contributed by atoms with E-state index in [-0.39, 0.29) is 0 Å². The molecule has 1 aromatic heterocycles. The zero-order valence-corrected chi connectivity index (χ0v) is 10.3. The largest absolute Gasteiger partial charge is 0.339 e. The summed E-state index contributed by atoms with van der Waals surface area (Å²) >= 11 is 0. The average Bonchev–Trinajstić information content (AvgIpc) is 3.08. The first-order valence-corrected chi connectivity index (χ1v) is 6.53. The summed E-state index contributed by atoms with van der Waals surface area (Å²) in [7, 11) is 1.90. The van der Waals surface area contributed by atoms with Crippen molar-refractivity contribution < 1.29 is 0 Å². The van der Waals surface area contributed by atoms with Crippen LogP contribution in [0.4, 0.5) is 5.95 Å². The molecule has 1 saturated carbocycles. The summed E-state index contributed by atoms with van der Waals surface area (Å²) in [5.74, 6) is 1.64. The number of aromatic nitrogens is 4. The van der Waals surface area contributed by atoms with Gasteiger partial charge in [-0.25, -0.2) is 4.68 Å². The number of anilines is 1. The van der Waals surface area contributed by atoms with Gasteiger partial charge in [-0.3, -0.25) is 0 Å². The van der Waals surface area contributed by atoms with Crippen LogP contribution >= 0.6 is 0 Å². The van der Waals surface area contributed by atoms with E-state index < -0.39 is 0 Å². The van der Waals surface area contributed by atoms with E-state index in [2.05, 4.69) is 25.7 Å². The molecule has 0 radical (unpaired) electrons. The van der Waals surface area contributed by atoms with Gasteiger partial charge in [-0.05, 0) is 48.6 Å². The number of piperidine rings is 1. The van der Waals surface area contributed by atoms with Crippen molar-refractivity contribution in [2.75, 3.05) is 24.5 Å². The zero-order valence-electron chi connectivity index (χ0n) is 10.3. The van der Waals surface area contributed by atoms with Gasteiger partial charge < -0.3 is 10.2 Å². The summed E-state index contributed by atoms with van der Waals surface area (Å²) in [6.45, 7) is 3.30. The Hall–Kier alpha value is -1.17. The Morgan fingerprint density at radius 1 is 1.35 bits per heavy atom. The van der Waals surface area contributed by atoms with Crippen molar-refractivity contribution in [2.24, 2.45) is 13.0 Å². The van der Waals surface area contributed by atoms with Crippen LogP contribution in [0.1, 0.15) is 25.7 Å². The lowest BCUT2D eigenvalue weighted by molar-refractivity contribution is 0.386. The van der Waals surface area contributed by atoms with Gasteiger partial charge in [-0.1, -0.05) is 5.10 Å². The molecule has 1 atom stereocenters. The summed E-state index contributed by atoms with van der Waals surface area (Å²) in [6, 6.07) is 0.807. The van der Waals surface area contributed by atoms with E-state index >= 15 is 0 Å². The highest BCUT2D eigenvalue weighted by Crippen LogP contribution is 2.23. The maximum Gasteiger partial charge on any atom is 0.245 e. The van der Waals surface area contributed by atoms with Crippen LogP contribution in [0.15, 0.2) is 0 Å². The monoisotopic (exact) mass is 236 g/mol. The van der Waals surface area contributed by atoms with E-state index in [1.54, 1.807) is 4.68 Å². The molecular weight excluding hydrogens is 216 g/mol. The smallest absolute Gasteiger partial charge is 0.245 e. The number of hydrogen-bond acceptors (Lipinski definition) is 5. The fourth-order valence-corrected chi connectivity index (χ4v) is 2.53. The van der Waals surface area contributed by atoms with Gasteiger partial charge in [0.05, 0.1) is 0 Å². The minimum Gasteiger partial charge on any atom is -0.339 e. The van der Waals surface area contributed by atoms with Crippen molar-refractivity contribution in [3.63, 3.8) is 0 Å². The Morgan fingerprint density at radius 2 is 2.24 bits per heavy atom. The Labute approximate surface area is 101 Å². The SMILES string of the molecule is Cn1nnnc1N1CCCC(CNC2CC2)C1. The predicted molar refractivity (Wildman–Crippen MR) is 64.8 cm³/mol. The molecular formula is C11H20N6. The molecule has 6 nitrogen and oxygen atoms in total.